The van der Waals surface area contributed by atoms with E-state index in [9.17, 15) is 4.79 Å². The summed E-state index contributed by atoms with van der Waals surface area (Å²) in [6.45, 7) is 0.977. The Hall–Kier alpha value is -1.39. The molecule has 2 rings (SSSR count). The Balaban J connectivity index is 2.07. The summed E-state index contributed by atoms with van der Waals surface area (Å²) in [6.07, 6.45) is 3.71. The molecule has 0 spiro atoms. The molecule has 1 aromatic rings. The molecule has 1 aliphatic carbocycles. The Bertz CT molecular complexity index is 431. The first-order valence-electron chi connectivity index (χ1n) is 7.13. The van der Waals surface area contributed by atoms with Crippen LogP contribution in [0.5, 0.6) is 0 Å². The molecule has 4 nitrogen and oxygen atoms in total. The molecule has 4 heteroatoms. The van der Waals surface area contributed by atoms with E-state index in [-0.39, 0.29) is 12.6 Å². The van der Waals surface area contributed by atoms with Gasteiger partial charge in [0.05, 0.1) is 13.7 Å². The number of carbonyl (C=O) groups is 1. The summed E-state index contributed by atoms with van der Waals surface area (Å²) in [5.74, 6) is 0.506. The summed E-state index contributed by atoms with van der Waals surface area (Å²) >= 11 is 0. The number of likely N-dealkylation sites (N-methyl/N-ethyl adjacent to an activating group) is 1. The lowest BCUT2D eigenvalue weighted by Crippen LogP contribution is -2.51. The number of methoxy groups -OCH3 is 1. The molecule has 1 atom stereocenters. The van der Waals surface area contributed by atoms with Crippen LogP contribution in [-0.2, 0) is 19.8 Å². The van der Waals surface area contributed by atoms with Crippen molar-refractivity contribution < 1.29 is 14.3 Å². The lowest BCUT2D eigenvalue weighted by molar-refractivity contribution is -0.152. The zero-order chi connectivity index (χ0) is 14.4. The topological polar surface area (TPSA) is 47.6 Å². The van der Waals surface area contributed by atoms with Crippen molar-refractivity contribution in [3.63, 3.8) is 0 Å². The fourth-order valence-electron chi connectivity index (χ4n) is 2.36. The van der Waals surface area contributed by atoms with Crippen LogP contribution in [0.4, 0.5) is 0 Å². The van der Waals surface area contributed by atoms with Crippen LogP contribution >= 0.6 is 0 Å². The second kappa shape index (κ2) is 6.86. The molecule has 1 saturated carbocycles. The molecular weight excluding hydrogens is 254 g/mol. The van der Waals surface area contributed by atoms with Crippen LogP contribution in [0.3, 0.4) is 0 Å². The van der Waals surface area contributed by atoms with Gasteiger partial charge in [-0.1, -0.05) is 43.2 Å². The van der Waals surface area contributed by atoms with Crippen LogP contribution in [0.2, 0.25) is 0 Å². The van der Waals surface area contributed by atoms with Crippen LogP contribution in [0.1, 0.15) is 24.8 Å². The van der Waals surface area contributed by atoms with E-state index in [1.165, 1.54) is 20.0 Å². The van der Waals surface area contributed by atoms with Crippen LogP contribution in [0.15, 0.2) is 30.3 Å². The first-order valence-corrected chi connectivity index (χ1v) is 7.13. The molecule has 0 aliphatic heterocycles. The molecule has 0 radical (unpaired) electrons. The maximum Gasteiger partial charge on any atom is 0.333 e. The quantitative estimate of drug-likeness (QED) is 0.584. The summed E-state index contributed by atoms with van der Waals surface area (Å²) in [6, 6.07) is 9.58. The van der Waals surface area contributed by atoms with Gasteiger partial charge in [0, 0.05) is 6.61 Å². The van der Waals surface area contributed by atoms with Crippen molar-refractivity contribution in [1.82, 2.24) is 5.32 Å². The van der Waals surface area contributed by atoms with Crippen LogP contribution in [-0.4, -0.2) is 33.3 Å². The van der Waals surface area contributed by atoms with Crippen LogP contribution in [0.25, 0.3) is 0 Å². The molecule has 0 aromatic heterocycles. The van der Waals surface area contributed by atoms with E-state index < -0.39 is 5.54 Å². The normalized spacial score (nSPS) is 17.5. The highest BCUT2D eigenvalue weighted by Crippen LogP contribution is 2.32. The van der Waals surface area contributed by atoms with Gasteiger partial charge in [0.25, 0.3) is 0 Å². The molecule has 1 unspecified atom stereocenters. The number of benzene rings is 1. The van der Waals surface area contributed by atoms with E-state index in [2.05, 4.69) is 5.32 Å². The second-order valence-electron chi connectivity index (χ2n) is 5.30. The fraction of sp³-hybridized carbons (Fsp3) is 0.562. The van der Waals surface area contributed by atoms with Gasteiger partial charge in [0.15, 0.2) is 5.54 Å². The predicted octanol–water partition coefficient (Wildman–Crippen LogP) is 2.09. The highest BCUT2D eigenvalue weighted by molar-refractivity contribution is 5.82. The number of hydrogen-bond donors (Lipinski definition) is 1. The van der Waals surface area contributed by atoms with E-state index in [1.54, 1.807) is 7.05 Å². The summed E-state index contributed by atoms with van der Waals surface area (Å²) in [4.78, 5) is 12.2. The van der Waals surface area contributed by atoms with Crippen molar-refractivity contribution in [2.75, 3.05) is 27.4 Å². The Labute approximate surface area is 120 Å². The SMILES string of the molecule is CNC(COCCC1CC1)(C(=O)OC)c1ccccc1. The first kappa shape index (κ1) is 15.0. The standard InChI is InChI=1S/C16H23NO3/c1-17-16(15(18)19-2,14-6-4-3-5-7-14)12-20-11-10-13-8-9-13/h3-7,13,17H,8-12H2,1-2H3. The number of hydrogen-bond acceptors (Lipinski definition) is 4. The summed E-state index contributed by atoms with van der Waals surface area (Å²) < 4.78 is 10.7. The van der Waals surface area contributed by atoms with E-state index >= 15 is 0 Å². The largest absolute Gasteiger partial charge is 0.467 e. The van der Waals surface area contributed by atoms with E-state index in [0.29, 0.717) is 6.61 Å². The number of carbonyl (C=O) groups excluding carboxylic acids is 1. The van der Waals surface area contributed by atoms with Gasteiger partial charge in [-0.15, -0.1) is 0 Å². The number of rotatable bonds is 8. The molecule has 1 aliphatic rings. The highest BCUT2D eigenvalue weighted by Gasteiger charge is 2.40. The van der Waals surface area contributed by atoms with E-state index in [0.717, 1.165) is 17.9 Å². The minimum atomic E-state index is -0.931. The van der Waals surface area contributed by atoms with Crippen molar-refractivity contribution >= 4 is 5.97 Å². The fourth-order valence-corrected chi connectivity index (χ4v) is 2.36. The predicted molar refractivity (Wildman–Crippen MR) is 77.4 cm³/mol. The lowest BCUT2D eigenvalue weighted by Gasteiger charge is -2.30. The number of esters is 1. The molecule has 0 heterocycles. The van der Waals surface area contributed by atoms with Crippen molar-refractivity contribution in [2.24, 2.45) is 5.92 Å². The molecule has 0 bridgehead atoms. The monoisotopic (exact) mass is 277 g/mol. The molecule has 20 heavy (non-hydrogen) atoms. The zero-order valence-electron chi connectivity index (χ0n) is 12.2. The minimum Gasteiger partial charge on any atom is -0.467 e. The molecular formula is C16H23NO3. The third kappa shape index (κ3) is 3.38. The second-order valence-corrected chi connectivity index (χ2v) is 5.30. The third-order valence-corrected chi connectivity index (χ3v) is 3.91. The van der Waals surface area contributed by atoms with Gasteiger partial charge in [-0.05, 0) is 24.9 Å². The van der Waals surface area contributed by atoms with Crippen molar-refractivity contribution in [3.8, 4) is 0 Å². The van der Waals surface area contributed by atoms with Gasteiger partial charge < -0.3 is 9.47 Å². The molecule has 110 valence electrons. The average molecular weight is 277 g/mol. The molecule has 0 amide bonds. The van der Waals surface area contributed by atoms with Gasteiger partial charge in [-0.2, -0.15) is 0 Å². The summed E-state index contributed by atoms with van der Waals surface area (Å²) in [7, 11) is 3.16. The van der Waals surface area contributed by atoms with Crippen molar-refractivity contribution in [1.29, 1.82) is 0 Å². The van der Waals surface area contributed by atoms with Gasteiger partial charge in [-0.3, -0.25) is 5.32 Å². The molecule has 1 N–H and O–H groups in total. The lowest BCUT2D eigenvalue weighted by atomic mass is 9.91. The summed E-state index contributed by atoms with van der Waals surface area (Å²) in [5.41, 5.74) is -0.0692. The van der Waals surface area contributed by atoms with Gasteiger partial charge >= 0.3 is 5.97 Å². The Morgan fingerprint density at radius 3 is 2.60 bits per heavy atom. The molecule has 1 aromatic carbocycles. The summed E-state index contributed by atoms with van der Waals surface area (Å²) in [5, 5.41) is 3.09. The maximum atomic E-state index is 12.2. The first-order chi connectivity index (χ1) is 9.73. The maximum absolute atomic E-state index is 12.2. The molecule has 1 fully saturated rings. The van der Waals surface area contributed by atoms with Gasteiger partial charge in [0.2, 0.25) is 0 Å². The van der Waals surface area contributed by atoms with Crippen LogP contribution < -0.4 is 5.32 Å². The van der Waals surface area contributed by atoms with E-state index in [4.69, 9.17) is 9.47 Å². The zero-order valence-corrected chi connectivity index (χ0v) is 12.2. The highest BCUT2D eigenvalue weighted by atomic mass is 16.5. The smallest absolute Gasteiger partial charge is 0.333 e. The van der Waals surface area contributed by atoms with Gasteiger partial charge in [0.1, 0.15) is 0 Å². The Kier molecular flexibility index (Phi) is 5.15. The van der Waals surface area contributed by atoms with Gasteiger partial charge in [-0.25, -0.2) is 4.79 Å². The number of nitrogens with one attached hydrogen (secondary N) is 1. The van der Waals surface area contributed by atoms with Crippen molar-refractivity contribution in [2.45, 2.75) is 24.8 Å². The van der Waals surface area contributed by atoms with Crippen molar-refractivity contribution in [3.05, 3.63) is 35.9 Å². The third-order valence-electron chi connectivity index (χ3n) is 3.91. The number of ether oxygens (including phenoxy) is 2. The Morgan fingerprint density at radius 2 is 2.05 bits per heavy atom. The minimum absolute atomic E-state index is 0.285. The van der Waals surface area contributed by atoms with Crippen LogP contribution in [0, 0.1) is 5.92 Å². The van der Waals surface area contributed by atoms with E-state index in [1.807, 2.05) is 30.3 Å². The average Bonchev–Trinajstić information content (AvgIpc) is 3.32. The Morgan fingerprint density at radius 1 is 1.35 bits per heavy atom. The molecule has 0 saturated heterocycles.